The molecule has 0 spiro atoms. The standard InChI is InChI=1S/C10H13F3N2O2/c11-10(12,13)9(17)15-4-3-7-6(5-15)1-2-8(16)14-7/h6-7H,1-5H2,(H,14,16). The molecule has 1 N–H and O–H groups in total. The van der Waals surface area contributed by atoms with Crippen molar-refractivity contribution in [3.05, 3.63) is 0 Å². The molecule has 0 saturated carbocycles. The number of hydrogen-bond acceptors (Lipinski definition) is 2. The van der Waals surface area contributed by atoms with Crippen molar-refractivity contribution >= 4 is 11.8 Å². The van der Waals surface area contributed by atoms with Gasteiger partial charge in [-0.3, -0.25) is 9.59 Å². The highest BCUT2D eigenvalue weighted by molar-refractivity contribution is 5.82. The zero-order valence-corrected chi connectivity index (χ0v) is 9.09. The molecule has 0 aliphatic carbocycles. The fourth-order valence-electron chi connectivity index (χ4n) is 2.47. The minimum Gasteiger partial charge on any atom is -0.353 e. The van der Waals surface area contributed by atoms with Crippen molar-refractivity contribution in [1.82, 2.24) is 10.2 Å². The van der Waals surface area contributed by atoms with Crippen LogP contribution in [0, 0.1) is 5.92 Å². The molecule has 0 bridgehead atoms. The summed E-state index contributed by atoms with van der Waals surface area (Å²) in [4.78, 5) is 23.0. The number of fused-ring (bicyclic) bond motifs is 1. The third-order valence-corrected chi connectivity index (χ3v) is 3.35. The van der Waals surface area contributed by atoms with Gasteiger partial charge < -0.3 is 10.2 Å². The van der Waals surface area contributed by atoms with Crippen molar-refractivity contribution in [3.63, 3.8) is 0 Å². The van der Waals surface area contributed by atoms with Crippen molar-refractivity contribution in [3.8, 4) is 0 Å². The van der Waals surface area contributed by atoms with E-state index in [-0.39, 0.29) is 31.0 Å². The van der Waals surface area contributed by atoms with Gasteiger partial charge in [0.2, 0.25) is 5.91 Å². The van der Waals surface area contributed by atoms with Crippen molar-refractivity contribution in [2.45, 2.75) is 31.5 Å². The number of carbonyl (C=O) groups is 2. The quantitative estimate of drug-likeness (QED) is 0.687. The van der Waals surface area contributed by atoms with Crippen LogP contribution in [0.1, 0.15) is 19.3 Å². The van der Waals surface area contributed by atoms with E-state index in [0.29, 0.717) is 19.3 Å². The SMILES string of the molecule is O=C1CCC2CN(C(=O)C(F)(F)F)CCC2N1. The Kier molecular flexibility index (Phi) is 3.01. The van der Waals surface area contributed by atoms with Crippen LogP contribution in [0.25, 0.3) is 0 Å². The highest BCUT2D eigenvalue weighted by atomic mass is 19.4. The summed E-state index contributed by atoms with van der Waals surface area (Å²) in [5, 5.41) is 2.76. The van der Waals surface area contributed by atoms with Gasteiger partial charge in [0.1, 0.15) is 0 Å². The molecule has 2 amide bonds. The second-order valence-electron chi connectivity index (χ2n) is 4.51. The van der Waals surface area contributed by atoms with Gasteiger partial charge in [-0.1, -0.05) is 0 Å². The molecule has 17 heavy (non-hydrogen) atoms. The maximum atomic E-state index is 12.3. The van der Waals surface area contributed by atoms with E-state index in [1.165, 1.54) is 0 Å². The normalized spacial score (nSPS) is 29.6. The maximum absolute atomic E-state index is 12.3. The van der Waals surface area contributed by atoms with E-state index in [9.17, 15) is 22.8 Å². The molecule has 2 rings (SSSR count). The largest absolute Gasteiger partial charge is 0.471 e. The lowest BCUT2D eigenvalue weighted by molar-refractivity contribution is -0.187. The van der Waals surface area contributed by atoms with Gasteiger partial charge in [0.05, 0.1) is 0 Å². The summed E-state index contributed by atoms with van der Waals surface area (Å²) in [5.41, 5.74) is 0. The third kappa shape index (κ3) is 2.53. The molecule has 0 aromatic rings. The van der Waals surface area contributed by atoms with E-state index in [4.69, 9.17) is 0 Å². The Hall–Kier alpha value is -1.27. The van der Waals surface area contributed by atoms with Crippen LogP contribution in [-0.4, -0.2) is 42.0 Å². The molecule has 2 fully saturated rings. The summed E-state index contributed by atoms with van der Waals surface area (Å²) < 4.78 is 36.8. The molecule has 2 unspecified atom stereocenters. The van der Waals surface area contributed by atoms with Gasteiger partial charge in [-0.15, -0.1) is 0 Å². The average molecular weight is 250 g/mol. The molecule has 2 aliphatic heterocycles. The zero-order valence-electron chi connectivity index (χ0n) is 9.09. The first-order chi connectivity index (χ1) is 7.88. The monoisotopic (exact) mass is 250 g/mol. The number of halogens is 3. The fourth-order valence-corrected chi connectivity index (χ4v) is 2.47. The van der Waals surface area contributed by atoms with Crippen LogP contribution in [0.3, 0.4) is 0 Å². The van der Waals surface area contributed by atoms with Crippen LogP contribution in [0.5, 0.6) is 0 Å². The minimum absolute atomic E-state index is 0.0484. The number of rotatable bonds is 0. The van der Waals surface area contributed by atoms with Gasteiger partial charge in [-0.25, -0.2) is 0 Å². The predicted octanol–water partition coefficient (Wildman–Crippen LogP) is 0.676. The number of piperidine rings is 2. The first kappa shape index (κ1) is 12.2. The average Bonchev–Trinajstić information content (AvgIpc) is 2.26. The van der Waals surface area contributed by atoms with Gasteiger partial charge in [0, 0.05) is 25.6 Å². The van der Waals surface area contributed by atoms with Crippen molar-refractivity contribution in [2.24, 2.45) is 5.92 Å². The number of nitrogens with one attached hydrogen (secondary N) is 1. The van der Waals surface area contributed by atoms with Crippen molar-refractivity contribution in [2.75, 3.05) is 13.1 Å². The number of nitrogens with zero attached hydrogens (tertiary/aromatic N) is 1. The fraction of sp³-hybridized carbons (Fsp3) is 0.800. The zero-order chi connectivity index (χ0) is 12.6. The van der Waals surface area contributed by atoms with E-state index in [0.717, 1.165) is 4.90 Å². The summed E-state index contributed by atoms with van der Waals surface area (Å²) in [5.74, 6) is -1.87. The molecular formula is C10H13F3N2O2. The number of likely N-dealkylation sites (tertiary alicyclic amines) is 1. The van der Waals surface area contributed by atoms with E-state index >= 15 is 0 Å². The van der Waals surface area contributed by atoms with Crippen LogP contribution in [0.2, 0.25) is 0 Å². The molecule has 2 saturated heterocycles. The molecule has 0 aromatic carbocycles. The Bertz CT molecular complexity index is 343. The van der Waals surface area contributed by atoms with Crippen LogP contribution in [-0.2, 0) is 9.59 Å². The lowest BCUT2D eigenvalue weighted by atomic mass is 9.85. The van der Waals surface area contributed by atoms with Crippen LogP contribution in [0.15, 0.2) is 0 Å². The lowest BCUT2D eigenvalue weighted by Crippen LogP contribution is -2.56. The van der Waals surface area contributed by atoms with Gasteiger partial charge >= 0.3 is 12.1 Å². The summed E-state index contributed by atoms with van der Waals surface area (Å²) in [7, 11) is 0. The molecule has 2 aliphatic rings. The summed E-state index contributed by atoms with van der Waals surface area (Å²) in [6, 6.07) is -0.0754. The summed E-state index contributed by atoms with van der Waals surface area (Å²) >= 11 is 0. The first-order valence-corrected chi connectivity index (χ1v) is 5.53. The molecule has 0 radical (unpaired) electrons. The van der Waals surface area contributed by atoms with Gasteiger partial charge in [-0.2, -0.15) is 13.2 Å². The number of hydrogen-bond donors (Lipinski definition) is 1. The highest BCUT2D eigenvalue weighted by Gasteiger charge is 2.45. The van der Waals surface area contributed by atoms with E-state index in [2.05, 4.69) is 5.32 Å². The second kappa shape index (κ2) is 4.19. The molecule has 7 heteroatoms. The highest BCUT2D eigenvalue weighted by Crippen LogP contribution is 2.28. The molecule has 2 heterocycles. The molecule has 96 valence electrons. The predicted molar refractivity (Wildman–Crippen MR) is 51.9 cm³/mol. The van der Waals surface area contributed by atoms with Crippen LogP contribution >= 0.6 is 0 Å². The number of amides is 2. The summed E-state index contributed by atoms with van der Waals surface area (Å²) in [6.07, 6.45) is -3.52. The molecule has 0 aromatic heterocycles. The van der Waals surface area contributed by atoms with E-state index < -0.39 is 12.1 Å². The maximum Gasteiger partial charge on any atom is 0.471 e. The molecule has 4 nitrogen and oxygen atoms in total. The van der Waals surface area contributed by atoms with Gasteiger partial charge in [-0.05, 0) is 18.8 Å². The van der Waals surface area contributed by atoms with Gasteiger partial charge in [0.15, 0.2) is 0 Å². The number of carbonyl (C=O) groups excluding carboxylic acids is 2. The van der Waals surface area contributed by atoms with Crippen molar-refractivity contribution in [1.29, 1.82) is 0 Å². The molecular weight excluding hydrogens is 237 g/mol. The summed E-state index contributed by atoms with van der Waals surface area (Å²) in [6.45, 7) is 0.142. The first-order valence-electron chi connectivity index (χ1n) is 5.53. The van der Waals surface area contributed by atoms with Crippen LogP contribution < -0.4 is 5.32 Å². The van der Waals surface area contributed by atoms with E-state index in [1.54, 1.807) is 0 Å². The Morgan fingerprint density at radius 3 is 2.71 bits per heavy atom. The minimum atomic E-state index is -4.80. The van der Waals surface area contributed by atoms with Crippen LogP contribution in [0.4, 0.5) is 13.2 Å². The third-order valence-electron chi connectivity index (χ3n) is 3.35. The van der Waals surface area contributed by atoms with Crippen molar-refractivity contribution < 1.29 is 22.8 Å². The smallest absolute Gasteiger partial charge is 0.353 e. The Labute approximate surface area is 96.1 Å². The Balaban J connectivity index is 1.99. The Morgan fingerprint density at radius 2 is 2.06 bits per heavy atom. The second-order valence-corrected chi connectivity index (χ2v) is 4.51. The molecule has 2 atom stereocenters. The van der Waals surface area contributed by atoms with E-state index in [1.807, 2.05) is 0 Å². The lowest BCUT2D eigenvalue weighted by Gasteiger charge is -2.41. The number of alkyl halides is 3. The van der Waals surface area contributed by atoms with Gasteiger partial charge in [0.25, 0.3) is 0 Å². The Morgan fingerprint density at radius 1 is 1.35 bits per heavy atom. The topological polar surface area (TPSA) is 49.4 Å².